The molecule has 6 aliphatic rings. The van der Waals surface area contributed by atoms with Gasteiger partial charge in [0, 0.05) is 174 Å². The molecule has 39 heteroatoms. The maximum atomic E-state index is 13.5. The first-order valence-electron chi connectivity index (χ1n) is 45.5. The van der Waals surface area contributed by atoms with Gasteiger partial charge in [0.15, 0.2) is 40.4 Å². The van der Waals surface area contributed by atoms with Crippen molar-refractivity contribution in [3.63, 3.8) is 0 Å². The van der Waals surface area contributed by atoms with Crippen molar-refractivity contribution in [2.75, 3.05) is 32.8 Å². The number of anilines is 4. The number of carbonyl (C=O) groups excluding carboxylic acids is 4. The number of ether oxygens (including phenoxy) is 1. The number of fused-ring (bicyclic) bond motifs is 5. The molecule has 0 atom stereocenters. The van der Waals surface area contributed by atoms with Gasteiger partial charge in [0.2, 0.25) is 23.6 Å². The molecule has 16 heterocycles. The molecule has 5 aliphatic heterocycles. The molecule has 11 aromatic heterocycles. The Morgan fingerprint density at radius 1 is 0.388 bits per heavy atom. The number of carbonyl (C=O) groups is 4. The molecule has 2 fully saturated rings. The van der Waals surface area contributed by atoms with Crippen molar-refractivity contribution in [1.29, 1.82) is 0 Å². The van der Waals surface area contributed by atoms with Crippen molar-refractivity contribution < 1.29 is 72.2 Å². The fraction of sp³-hybridized carbons (Fsp3) is 0.259. The average molecular weight is 2010 g/mol. The van der Waals surface area contributed by atoms with Crippen LogP contribution in [0.1, 0.15) is 159 Å². The van der Waals surface area contributed by atoms with Crippen LogP contribution in [0, 0.1) is 0 Å². The predicted molar refractivity (Wildman–Crippen MR) is 533 cm³/mol. The predicted octanol–water partition coefficient (Wildman–Crippen LogP) is 22.2. The lowest BCUT2D eigenvalue weighted by molar-refractivity contribution is -0.141. The normalized spacial score (nSPS) is 14.1. The fourth-order valence-electron chi connectivity index (χ4n) is 17.8. The van der Waals surface area contributed by atoms with Crippen LogP contribution in [0.25, 0.3) is 96.3 Å². The fourth-order valence-corrected chi connectivity index (χ4v) is 17.8. The van der Waals surface area contributed by atoms with E-state index in [2.05, 4.69) is 85.5 Å². The number of amides is 4. The molecule has 0 bridgehead atoms. The second kappa shape index (κ2) is 42.0. The first-order chi connectivity index (χ1) is 68.7. The minimum atomic E-state index is -4.55. The number of hydrogen-bond acceptors (Lipinski definition) is 19. The highest BCUT2D eigenvalue weighted by Crippen LogP contribution is 2.46. The summed E-state index contributed by atoms with van der Waals surface area (Å²) in [6.45, 7) is 5.96. The molecule has 1 saturated carbocycles. The van der Waals surface area contributed by atoms with Crippen LogP contribution in [0.2, 0.25) is 0 Å². The van der Waals surface area contributed by atoms with Gasteiger partial charge in [0.25, 0.3) is 6.43 Å². The molecule has 28 nitrogen and oxygen atoms in total. The first kappa shape index (κ1) is 103. The van der Waals surface area contributed by atoms with Crippen molar-refractivity contribution in [2.45, 2.75) is 151 Å². The summed E-state index contributed by atoms with van der Waals surface area (Å²) in [6.07, 6.45) is 5.55. The monoisotopic (exact) mass is 2010 g/mol. The van der Waals surface area contributed by atoms with Crippen LogP contribution in [0.3, 0.4) is 0 Å². The Kier molecular flexibility index (Phi) is 29.5. The van der Waals surface area contributed by atoms with Crippen molar-refractivity contribution in [1.82, 2.24) is 92.8 Å². The Morgan fingerprint density at radius 3 is 1.20 bits per heavy atom. The van der Waals surface area contributed by atoms with Crippen molar-refractivity contribution >= 4 is 57.8 Å². The van der Waals surface area contributed by atoms with Crippen molar-refractivity contribution in [3.8, 4) is 85.4 Å². The number of alkyl halides is 11. The number of pyridine rings is 2. The number of hydrogen-bond donors (Lipinski definition) is 0. The van der Waals surface area contributed by atoms with Gasteiger partial charge in [-0.1, -0.05) is 165 Å². The van der Waals surface area contributed by atoms with Gasteiger partial charge >= 0.3 is 18.5 Å². The molecular weight excluding hydrogens is 1910 g/mol. The number of nitrogens with zero attached hydrogens (tertiary/aromatic N) is 23. The number of rotatable bonds is 20. The summed E-state index contributed by atoms with van der Waals surface area (Å²) in [5, 5.41) is 5.40. The maximum absolute atomic E-state index is 13.5. The topological polar surface area (TPSA) is 296 Å². The Hall–Kier alpha value is -16.6. The van der Waals surface area contributed by atoms with Gasteiger partial charge in [-0.2, -0.15) is 44.6 Å². The van der Waals surface area contributed by atoms with Crippen molar-refractivity contribution in [3.05, 3.63) is 329 Å². The van der Waals surface area contributed by atoms with Gasteiger partial charge in [0.05, 0.1) is 93.7 Å². The van der Waals surface area contributed by atoms with Crippen LogP contribution in [0.4, 0.5) is 71.6 Å². The van der Waals surface area contributed by atoms with E-state index < -0.39 is 42.0 Å². The van der Waals surface area contributed by atoms with E-state index in [0.717, 1.165) is 109 Å². The Labute approximate surface area is 837 Å². The quantitative estimate of drug-likeness (QED) is 0.0640. The third-order valence-electron chi connectivity index (χ3n) is 25.3. The summed E-state index contributed by atoms with van der Waals surface area (Å²) < 4.78 is 158. The van der Waals surface area contributed by atoms with E-state index in [0.29, 0.717) is 107 Å². The number of aromatic nitrogens is 19. The molecule has 1 aliphatic carbocycles. The summed E-state index contributed by atoms with van der Waals surface area (Å²) >= 11 is 0. The van der Waals surface area contributed by atoms with Crippen LogP contribution >= 0.6 is 0 Å². The van der Waals surface area contributed by atoms with E-state index in [1.807, 2.05) is 90.9 Å². The Morgan fingerprint density at radius 2 is 0.782 bits per heavy atom. The molecule has 0 unspecified atom stereocenters. The van der Waals surface area contributed by atoms with Gasteiger partial charge < -0.3 is 23.0 Å². The number of halogens is 11. The minimum absolute atomic E-state index is 0. The third-order valence-corrected chi connectivity index (χ3v) is 25.3. The Bertz CT molecular complexity index is 7510. The smallest absolute Gasteiger partial charge is 0.377 e. The van der Waals surface area contributed by atoms with Crippen LogP contribution in [0.15, 0.2) is 250 Å². The molecule has 17 aromatic rings. The summed E-state index contributed by atoms with van der Waals surface area (Å²) in [4.78, 5) is 115. The highest BCUT2D eigenvalue weighted by atomic mass is 19.4. The van der Waals surface area contributed by atoms with Crippen LogP contribution in [-0.4, -0.2) is 130 Å². The minimum Gasteiger partial charge on any atom is -0.377 e. The zero-order valence-corrected chi connectivity index (χ0v) is 77.0. The number of benzene rings is 6. The van der Waals surface area contributed by atoms with E-state index >= 15 is 0 Å². The zero-order chi connectivity index (χ0) is 99.6. The zero-order valence-electron chi connectivity index (χ0n) is 77.0. The van der Waals surface area contributed by atoms with Crippen LogP contribution in [0.5, 0.6) is 0 Å². The molecular formula is C108H100F11N23O5. The van der Waals surface area contributed by atoms with Crippen LogP contribution < -0.4 is 19.6 Å². The SMILES string of the molecule is C.C.C.C.CC(C)c1ncccc1-c1ncc2c(n1)N(Cc1ccc(-c3nc(C(F)(F)F)cn3C3COC3)cc1)C(=O)C2.Cn1cc(C(F)(F)F)nc1-c1ccc(CN2C(=O)Cc3cnc(-c4ccccc4C(F)F)nc32)cc1.Cn1cc(C(F)(F)F)nc1-c1ccc(CN2C(=O)Cc3cnc(-c4cccnc4C4CC4)nc32)cc1.Cn1ccc2cccc(-c3ncc4c(n3)N(Cc3ccc(-n5cccn5)cc3)C(=O)C4)c21. The average Bonchev–Trinajstić information content (AvgIpc) is 1.68. The first-order valence-corrected chi connectivity index (χ1v) is 45.5. The lowest BCUT2D eigenvalue weighted by Gasteiger charge is -2.28. The molecule has 4 amide bonds. The standard InChI is InChI=1S/C28H25F3N6O2.C26H21F3N6O.C25H18F5N5O.C25H20N6O.4CH4/c1-16(2)24-21(4-3-9-32-24)25-33-11-19-10-23(38)37(27(19)35-25)12-17-5-7-18(8-6-17)26-34-22(28(29,30)31)13-36(26)20-14-39-15-20;1-34-14-20(26(27,28)29)32-24(34)17-6-4-15(5-7-17)13-35-21(36)11-18-12-31-23(33-25(18)35)19-3-2-10-30-22(19)16-8-9-16;1-34-13-19(25(28,29)30)32-23(34)15-8-6-14(7-9-15)12-35-20(36)10-16-11-31-22(33-24(16)35)18-5-3-2-4-17(18)21(26)27;1-29-13-10-18-4-2-5-21(23(18)29)24-26-15-19-14-22(32)30(25(19)28-24)16-17-6-8-20(9-7-17)31-12-3-11-27-31;;;;/h3-9,11,13,16,20H,10,12,14-15H2,1-2H3;2-7,10,12,14,16H,8-9,11,13H2,1H3;2-9,11,13,21H,10,12H2,1H3;2-13,15H,14,16H2,1H3;4*1H4. The van der Waals surface area contributed by atoms with E-state index in [4.69, 9.17) is 19.7 Å². The lowest BCUT2D eigenvalue weighted by atomic mass is 10.0. The highest BCUT2D eigenvalue weighted by molar-refractivity contribution is 6.03. The van der Waals surface area contributed by atoms with Gasteiger partial charge in [-0.05, 0) is 95.6 Å². The molecule has 0 radical (unpaired) electrons. The van der Waals surface area contributed by atoms with E-state index in [-0.39, 0.29) is 132 Å². The second-order valence-corrected chi connectivity index (χ2v) is 35.5. The summed E-state index contributed by atoms with van der Waals surface area (Å²) in [5.41, 5.74) is 11.7. The molecule has 6 aromatic carbocycles. The van der Waals surface area contributed by atoms with Crippen LogP contribution in [-0.2, 0) is 115 Å². The number of imidazole rings is 3. The molecule has 754 valence electrons. The number of para-hydroxylation sites is 1. The van der Waals surface area contributed by atoms with Crippen molar-refractivity contribution in [2.24, 2.45) is 21.1 Å². The Balaban J connectivity index is 0.000000139. The van der Waals surface area contributed by atoms with E-state index in [1.165, 1.54) is 57.1 Å². The van der Waals surface area contributed by atoms with E-state index in [1.54, 1.807) is 131 Å². The molecule has 0 spiro atoms. The van der Waals surface area contributed by atoms with E-state index in [9.17, 15) is 67.5 Å². The number of aryl methyl sites for hydroxylation is 3. The third kappa shape index (κ3) is 21.4. The largest absolute Gasteiger partial charge is 0.434 e. The molecule has 1 saturated heterocycles. The van der Waals surface area contributed by atoms with Gasteiger partial charge in [0.1, 0.15) is 40.7 Å². The van der Waals surface area contributed by atoms with Gasteiger partial charge in [-0.3, -0.25) is 48.7 Å². The van der Waals surface area contributed by atoms with Gasteiger partial charge in [-0.15, -0.1) is 0 Å². The molecule has 0 N–H and O–H groups in total. The summed E-state index contributed by atoms with van der Waals surface area (Å²) in [6, 6.07) is 52.2. The highest BCUT2D eigenvalue weighted by Gasteiger charge is 2.42. The summed E-state index contributed by atoms with van der Waals surface area (Å²) in [5.74, 6) is 4.83. The maximum Gasteiger partial charge on any atom is 0.434 e. The molecule has 147 heavy (non-hydrogen) atoms. The van der Waals surface area contributed by atoms with Gasteiger partial charge in [-0.25, -0.2) is 68.3 Å². The lowest BCUT2D eigenvalue weighted by Crippen LogP contribution is -2.30. The summed E-state index contributed by atoms with van der Waals surface area (Å²) in [7, 11) is 5.02. The second-order valence-electron chi connectivity index (χ2n) is 35.5. The molecule has 23 rings (SSSR count).